The first-order chi connectivity index (χ1) is 11.4. The molecule has 0 aliphatic heterocycles. The summed E-state index contributed by atoms with van der Waals surface area (Å²) in [4.78, 5) is 24.8. The summed E-state index contributed by atoms with van der Waals surface area (Å²) < 4.78 is 11.3. The van der Waals surface area contributed by atoms with Crippen molar-refractivity contribution in [1.82, 2.24) is 0 Å². The Labute approximate surface area is 149 Å². The third-order valence-electron chi connectivity index (χ3n) is 3.71. The van der Waals surface area contributed by atoms with E-state index in [2.05, 4.69) is 21.2 Å². The summed E-state index contributed by atoms with van der Waals surface area (Å²) in [6, 6.07) is 5.32. The van der Waals surface area contributed by atoms with Crippen molar-refractivity contribution in [2.24, 2.45) is 0 Å². The highest BCUT2D eigenvalue weighted by atomic mass is 79.9. The van der Waals surface area contributed by atoms with Crippen LogP contribution in [0.3, 0.4) is 0 Å². The van der Waals surface area contributed by atoms with E-state index in [9.17, 15) is 9.59 Å². The van der Waals surface area contributed by atoms with E-state index < -0.39 is 0 Å². The molecule has 6 heteroatoms. The Morgan fingerprint density at radius 3 is 2.25 bits per heavy atom. The number of rotatable bonds is 6. The van der Waals surface area contributed by atoms with Gasteiger partial charge in [-0.25, -0.2) is 0 Å². The number of ketones is 2. The average Bonchev–Trinajstić information content (AvgIpc) is 2.57. The Morgan fingerprint density at radius 2 is 1.62 bits per heavy atom. The number of anilines is 1. The van der Waals surface area contributed by atoms with E-state index in [4.69, 9.17) is 9.47 Å². The van der Waals surface area contributed by atoms with Gasteiger partial charge in [-0.2, -0.15) is 0 Å². The van der Waals surface area contributed by atoms with Crippen molar-refractivity contribution in [3.8, 4) is 11.5 Å². The molecule has 0 saturated heterocycles. The summed E-state index contributed by atoms with van der Waals surface area (Å²) in [5.41, 5.74) is 1.66. The van der Waals surface area contributed by atoms with Crippen LogP contribution in [0.1, 0.15) is 27.7 Å². The molecule has 1 aliphatic carbocycles. The maximum atomic E-state index is 12.5. The minimum atomic E-state index is -0.219. The summed E-state index contributed by atoms with van der Waals surface area (Å²) in [5.74, 6) is 0.813. The highest BCUT2D eigenvalue weighted by Crippen LogP contribution is 2.34. The van der Waals surface area contributed by atoms with Crippen LogP contribution in [0.15, 0.2) is 39.5 Å². The molecule has 0 aromatic heterocycles. The highest BCUT2D eigenvalue weighted by molar-refractivity contribution is 9.12. The SMILES string of the molecule is CCOc1ccc(OCC)c(NC2=C(Br)C(=O)C(C)=C(C)C2=O)c1. The van der Waals surface area contributed by atoms with Crippen LogP contribution in [0.4, 0.5) is 5.69 Å². The molecular formula is C18H20BrNO4. The zero-order valence-corrected chi connectivity index (χ0v) is 15.7. The normalized spacial score (nSPS) is 15.0. The van der Waals surface area contributed by atoms with Gasteiger partial charge in [-0.15, -0.1) is 0 Å². The Kier molecular flexibility index (Phi) is 5.83. The highest BCUT2D eigenvalue weighted by Gasteiger charge is 2.29. The fraction of sp³-hybridized carbons (Fsp3) is 0.333. The molecule has 0 amide bonds. The van der Waals surface area contributed by atoms with Gasteiger partial charge in [0.2, 0.25) is 5.78 Å². The van der Waals surface area contributed by atoms with Gasteiger partial charge >= 0.3 is 0 Å². The van der Waals surface area contributed by atoms with E-state index in [0.29, 0.717) is 41.5 Å². The van der Waals surface area contributed by atoms with Gasteiger partial charge in [0.05, 0.1) is 23.4 Å². The standard InChI is InChI=1S/C18H20BrNO4/c1-5-23-12-7-8-14(24-6-2)13(9-12)20-16-15(19)17(21)10(3)11(4)18(16)22/h7-9,20H,5-6H2,1-4H3. The fourth-order valence-corrected chi connectivity index (χ4v) is 2.87. The predicted octanol–water partition coefficient (Wildman–Crippen LogP) is 3.99. The van der Waals surface area contributed by atoms with Gasteiger partial charge in [0.1, 0.15) is 17.2 Å². The number of halogens is 1. The van der Waals surface area contributed by atoms with Gasteiger partial charge in [-0.1, -0.05) is 0 Å². The van der Waals surface area contributed by atoms with Crippen LogP contribution in [0, 0.1) is 0 Å². The second-order valence-corrected chi connectivity index (χ2v) is 6.04. The molecule has 0 unspecified atom stereocenters. The Balaban J connectivity index is 2.44. The first kappa shape index (κ1) is 18.3. The fourth-order valence-electron chi connectivity index (χ4n) is 2.30. The van der Waals surface area contributed by atoms with Crippen LogP contribution in [0.2, 0.25) is 0 Å². The summed E-state index contributed by atoms with van der Waals surface area (Å²) >= 11 is 3.24. The number of carbonyl (C=O) groups is 2. The molecule has 0 saturated carbocycles. The summed E-state index contributed by atoms with van der Waals surface area (Å²) in [7, 11) is 0. The van der Waals surface area contributed by atoms with Crippen LogP contribution < -0.4 is 14.8 Å². The van der Waals surface area contributed by atoms with E-state index in [1.807, 2.05) is 13.8 Å². The lowest BCUT2D eigenvalue weighted by Crippen LogP contribution is -2.24. The van der Waals surface area contributed by atoms with Crippen molar-refractivity contribution in [3.63, 3.8) is 0 Å². The molecule has 128 valence electrons. The van der Waals surface area contributed by atoms with Crippen LogP contribution in [-0.2, 0) is 9.59 Å². The summed E-state index contributed by atoms with van der Waals surface area (Å²) in [6.07, 6.45) is 0. The van der Waals surface area contributed by atoms with Crippen molar-refractivity contribution >= 4 is 33.2 Å². The lowest BCUT2D eigenvalue weighted by molar-refractivity contribution is -0.115. The Bertz CT molecular complexity index is 749. The monoisotopic (exact) mass is 393 g/mol. The molecule has 2 rings (SSSR count). The molecule has 0 atom stereocenters. The minimum Gasteiger partial charge on any atom is -0.494 e. The van der Waals surface area contributed by atoms with Crippen LogP contribution in [-0.4, -0.2) is 24.8 Å². The van der Waals surface area contributed by atoms with E-state index in [0.717, 1.165) is 0 Å². The lowest BCUT2D eigenvalue weighted by atomic mass is 9.95. The van der Waals surface area contributed by atoms with E-state index in [1.54, 1.807) is 32.0 Å². The molecule has 0 heterocycles. The third-order valence-corrected chi connectivity index (χ3v) is 4.47. The zero-order chi connectivity index (χ0) is 17.9. The van der Waals surface area contributed by atoms with Gasteiger partial charge in [-0.05, 0) is 55.8 Å². The first-order valence-electron chi connectivity index (χ1n) is 7.74. The predicted molar refractivity (Wildman–Crippen MR) is 96.7 cm³/mol. The second kappa shape index (κ2) is 7.66. The number of benzene rings is 1. The number of allylic oxidation sites excluding steroid dienone is 3. The zero-order valence-electron chi connectivity index (χ0n) is 14.2. The maximum Gasteiger partial charge on any atom is 0.206 e. The molecule has 1 aromatic carbocycles. The Morgan fingerprint density at radius 1 is 1.00 bits per heavy atom. The molecule has 24 heavy (non-hydrogen) atoms. The molecule has 0 radical (unpaired) electrons. The van der Waals surface area contributed by atoms with Crippen molar-refractivity contribution in [2.75, 3.05) is 18.5 Å². The van der Waals surface area contributed by atoms with Crippen LogP contribution >= 0.6 is 15.9 Å². The molecule has 1 aliphatic rings. The second-order valence-electron chi connectivity index (χ2n) is 5.25. The topological polar surface area (TPSA) is 64.6 Å². The molecule has 1 aromatic rings. The minimum absolute atomic E-state index is 0.200. The van der Waals surface area contributed by atoms with Crippen LogP contribution in [0.25, 0.3) is 0 Å². The number of hydrogen-bond acceptors (Lipinski definition) is 5. The lowest BCUT2D eigenvalue weighted by Gasteiger charge is -2.20. The number of ether oxygens (including phenoxy) is 2. The van der Waals surface area contributed by atoms with E-state index >= 15 is 0 Å². The van der Waals surface area contributed by atoms with E-state index in [-0.39, 0.29) is 21.7 Å². The van der Waals surface area contributed by atoms with Gasteiger partial charge < -0.3 is 14.8 Å². The largest absolute Gasteiger partial charge is 0.494 e. The summed E-state index contributed by atoms with van der Waals surface area (Å²) in [5, 5.41) is 3.04. The van der Waals surface area contributed by atoms with Gasteiger partial charge in [-0.3, -0.25) is 9.59 Å². The molecular weight excluding hydrogens is 374 g/mol. The Hall–Kier alpha value is -2.08. The molecule has 0 spiro atoms. The summed E-state index contributed by atoms with van der Waals surface area (Å²) in [6.45, 7) is 8.07. The third kappa shape index (κ3) is 3.53. The van der Waals surface area contributed by atoms with Crippen molar-refractivity contribution in [3.05, 3.63) is 39.5 Å². The van der Waals surface area contributed by atoms with Gasteiger partial charge in [0, 0.05) is 17.2 Å². The number of hydrogen-bond donors (Lipinski definition) is 1. The smallest absolute Gasteiger partial charge is 0.206 e. The quantitative estimate of drug-likeness (QED) is 0.740. The number of Topliss-reactive ketones (excluding diaryl/α,β-unsaturated/α-hetero) is 2. The first-order valence-corrected chi connectivity index (χ1v) is 8.53. The molecule has 1 N–H and O–H groups in total. The van der Waals surface area contributed by atoms with Crippen molar-refractivity contribution in [1.29, 1.82) is 0 Å². The number of nitrogens with one attached hydrogen (secondary N) is 1. The maximum absolute atomic E-state index is 12.5. The van der Waals surface area contributed by atoms with Crippen LogP contribution in [0.5, 0.6) is 11.5 Å². The van der Waals surface area contributed by atoms with Gasteiger partial charge in [0.25, 0.3) is 0 Å². The van der Waals surface area contributed by atoms with Crippen molar-refractivity contribution < 1.29 is 19.1 Å². The molecule has 5 nitrogen and oxygen atoms in total. The van der Waals surface area contributed by atoms with Crippen molar-refractivity contribution in [2.45, 2.75) is 27.7 Å². The molecule has 0 fully saturated rings. The average molecular weight is 394 g/mol. The van der Waals surface area contributed by atoms with Gasteiger partial charge in [0.15, 0.2) is 5.78 Å². The van der Waals surface area contributed by atoms with E-state index in [1.165, 1.54) is 0 Å². The molecule has 0 bridgehead atoms. The number of carbonyl (C=O) groups excluding carboxylic acids is 2.